The van der Waals surface area contributed by atoms with E-state index in [4.69, 9.17) is 4.42 Å². The van der Waals surface area contributed by atoms with Gasteiger partial charge >= 0.3 is 0 Å². The summed E-state index contributed by atoms with van der Waals surface area (Å²) in [7, 11) is 0. The third-order valence-corrected chi connectivity index (χ3v) is 5.08. The monoisotopic (exact) mass is 448 g/mol. The Kier molecular flexibility index (Phi) is 8.24. The zero-order valence-corrected chi connectivity index (χ0v) is 18.8. The van der Waals surface area contributed by atoms with Crippen LogP contribution in [-0.4, -0.2) is 42.3 Å². The van der Waals surface area contributed by atoms with E-state index in [-0.39, 0.29) is 30.8 Å². The molecule has 0 aliphatic rings. The molecule has 172 valence electrons. The maximum absolute atomic E-state index is 12.6. The summed E-state index contributed by atoms with van der Waals surface area (Å²) in [5, 5.41) is 8.59. The van der Waals surface area contributed by atoms with E-state index >= 15 is 0 Å². The molecule has 0 fully saturated rings. The number of furan rings is 1. The molecule has 8 nitrogen and oxygen atoms in total. The van der Waals surface area contributed by atoms with Crippen LogP contribution in [0.25, 0.3) is 0 Å². The Morgan fingerprint density at radius 3 is 2.30 bits per heavy atom. The Labute approximate surface area is 193 Å². The molecule has 33 heavy (non-hydrogen) atoms. The highest BCUT2D eigenvalue weighted by atomic mass is 16.3. The van der Waals surface area contributed by atoms with Crippen molar-refractivity contribution in [2.75, 3.05) is 30.3 Å². The lowest BCUT2D eigenvalue weighted by Crippen LogP contribution is -2.30. The number of para-hydroxylation sites is 1. The molecule has 1 heterocycles. The fraction of sp³-hybridized carbons (Fsp3) is 0.240. The first-order valence-electron chi connectivity index (χ1n) is 10.8. The van der Waals surface area contributed by atoms with Crippen LogP contribution in [0.1, 0.15) is 40.3 Å². The summed E-state index contributed by atoms with van der Waals surface area (Å²) >= 11 is 0. The Morgan fingerprint density at radius 2 is 1.64 bits per heavy atom. The van der Waals surface area contributed by atoms with Gasteiger partial charge in [-0.25, -0.2) is 0 Å². The lowest BCUT2D eigenvalue weighted by Gasteiger charge is -2.18. The number of rotatable bonds is 10. The molecule has 0 bridgehead atoms. The Balaban J connectivity index is 1.54. The van der Waals surface area contributed by atoms with E-state index in [0.717, 1.165) is 0 Å². The first-order chi connectivity index (χ1) is 16.0. The zero-order chi connectivity index (χ0) is 23.6. The number of carbonyl (C=O) groups excluding carboxylic acids is 3. The van der Waals surface area contributed by atoms with Crippen molar-refractivity contribution in [1.29, 1.82) is 0 Å². The van der Waals surface area contributed by atoms with Crippen LogP contribution >= 0.6 is 0 Å². The number of carbonyl (C=O) groups is 3. The van der Waals surface area contributed by atoms with Crippen LogP contribution in [0.5, 0.6) is 0 Å². The third-order valence-electron chi connectivity index (χ3n) is 5.08. The van der Waals surface area contributed by atoms with E-state index in [1.165, 1.54) is 0 Å². The first-order valence-corrected chi connectivity index (χ1v) is 10.8. The molecule has 2 aromatic carbocycles. The highest BCUT2D eigenvalue weighted by Crippen LogP contribution is 2.16. The molecule has 0 unspecified atom stereocenters. The van der Waals surface area contributed by atoms with Gasteiger partial charge in [0.25, 0.3) is 11.8 Å². The fourth-order valence-corrected chi connectivity index (χ4v) is 3.28. The number of anilines is 2. The van der Waals surface area contributed by atoms with Gasteiger partial charge in [0, 0.05) is 30.0 Å². The van der Waals surface area contributed by atoms with Gasteiger partial charge in [-0.05, 0) is 62.4 Å². The van der Waals surface area contributed by atoms with E-state index in [9.17, 15) is 14.4 Å². The molecule has 3 amide bonds. The van der Waals surface area contributed by atoms with Gasteiger partial charge in [-0.1, -0.05) is 12.1 Å². The second-order valence-corrected chi connectivity index (χ2v) is 7.26. The van der Waals surface area contributed by atoms with Crippen LogP contribution in [0, 0.1) is 0 Å². The number of hydrogen-bond acceptors (Lipinski definition) is 5. The van der Waals surface area contributed by atoms with Crippen molar-refractivity contribution < 1.29 is 18.8 Å². The average molecular weight is 449 g/mol. The molecule has 0 aliphatic heterocycles. The standard InChI is InChI=1S/C25H28N4O4/c1-3-29(4-2)25(32)18-11-13-19(14-12-18)28-23(30)17-26-22-10-6-5-9-21(22)24(31)27-16-20-8-7-15-33-20/h5-15,26H,3-4,16-17H2,1-2H3,(H,27,31)(H,28,30). The van der Waals surface area contributed by atoms with E-state index in [2.05, 4.69) is 16.0 Å². The fourth-order valence-electron chi connectivity index (χ4n) is 3.28. The summed E-state index contributed by atoms with van der Waals surface area (Å²) in [4.78, 5) is 39.1. The molecule has 0 aliphatic carbocycles. The predicted molar refractivity (Wildman–Crippen MR) is 127 cm³/mol. The van der Waals surface area contributed by atoms with Crippen LogP contribution in [0.3, 0.4) is 0 Å². The summed E-state index contributed by atoms with van der Waals surface area (Å²) in [5.41, 5.74) is 2.13. The first kappa shape index (κ1) is 23.6. The van der Waals surface area contributed by atoms with Gasteiger partial charge in [-0.3, -0.25) is 14.4 Å². The molecule has 3 aromatic rings. The topological polar surface area (TPSA) is 104 Å². The summed E-state index contributed by atoms with van der Waals surface area (Å²) in [5.74, 6) is 0.0615. The van der Waals surface area contributed by atoms with Crippen LogP contribution in [0.2, 0.25) is 0 Å². The van der Waals surface area contributed by atoms with E-state index in [1.54, 1.807) is 71.8 Å². The van der Waals surface area contributed by atoms with Crippen LogP contribution in [-0.2, 0) is 11.3 Å². The summed E-state index contributed by atoms with van der Waals surface area (Å²) in [6.07, 6.45) is 1.55. The summed E-state index contributed by atoms with van der Waals surface area (Å²) in [6.45, 7) is 5.40. The van der Waals surface area contributed by atoms with E-state index in [0.29, 0.717) is 41.4 Å². The second kappa shape index (κ2) is 11.5. The van der Waals surface area contributed by atoms with Gasteiger partial charge in [-0.15, -0.1) is 0 Å². The van der Waals surface area contributed by atoms with Crippen LogP contribution in [0.15, 0.2) is 71.3 Å². The zero-order valence-electron chi connectivity index (χ0n) is 18.8. The molecule has 0 radical (unpaired) electrons. The molecule has 0 saturated heterocycles. The maximum atomic E-state index is 12.6. The highest BCUT2D eigenvalue weighted by Gasteiger charge is 2.14. The van der Waals surface area contributed by atoms with Gasteiger partial charge in [0.05, 0.1) is 24.9 Å². The maximum Gasteiger partial charge on any atom is 0.253 e. The largest absolute Gasteiger partial charge is 0.467 e. The van der Waals surface area contributed by atoms with Gasteiger partial charge in [0.1, 0.15) is 5.76 Å². The average Bonchev–Trinajstić information content (AvgIpc) is 3.36. The molecular weight excluding hydrogens is 420 g/mol. The second-order valence-electron chi connectivity index (χ2n) is 7.26. The molecule has 8 heteroatoms. The smallest absolute Gasteiger partial charge is 0.253 e. The third kappa shape index (κ3) is 6.46. The van der Waals surface area contributed by atoms with Crippen molar-refractivity contribution in [3.8, 4) is 0 Å². The Morgan fingerprint density at radius 1 is 0.909 bits per heavy atom. The minimum atomic E-state index is -0.275. The van der Waals surface area contributed by atoms with Gasteiger partial charge in [-0.2, -0.15) is 0 Å². The van der Waals surface area contributed by atoms with Crippen molar-refractivity contribution in [3.63, 3.8) is 0 Å². The number of nitrogens with one attached hydrogen (secondary N) is 3. The van der Waals surface area contributed by atoms with Gasteiger partial charge in [0.2, 0.25) is 5.91 Å². The summed E-state index contributed by atoms with van der Waals surface area (Å²) in [6, 6.07) is 17.3. The van der Waals surface area contributed by atoms with Crippen molar-refractivity contribution in [3.05, 3.63) is 83.8 Å². The number of hydrogen-bond donors (Lipinski definition) is 3. The van der Waals surface area contributed by atoms with Crippen molar-refractivity contribution in [2.24, 2.45) is 0 Å². The minimum absolute atomic E-state index is 0.0252. The summed E-state index contributed by atoms with van der Waals surface area (Å²) < 4.78 is 5.22. The normalized spacial score (nSPS) is 10.4. The number of benzene rings is 2. The van der Waals surface area contributed by atoms with Crippen molar-refractivity contribution >= 4 is 29.1 Å². The molecule has 1 aromatic heterocycles. The van der Waals surface area contributed by atoms with Gasteiger partial charge < -0.3 is 25.3 Å². The molecule has 0 saturated carbocycles. The lowest BCUT2D eigenvalue weighted by molar-refractivity contribution is -0.114. The number of nitrogens with zero attached hydrogens (tertiary/aromatic N) is 1. The van der Waals surface area contributed by atoms with Crippen molar-refractivity contribution in [1.82, 2.24) is 10.2 Å². The molecule has 0 atom stereocenters. The molecular formula is C25H28N4O4. The van der Waals surface area contributed by atoms with Crippen LogP contribution < -0.4 is 16.0 Å². The Bertz CT molecular complexity index is 1070. The Hall–Kier alpha value is -4.07. The predicted octanol–water partition coefficient (Wildman–Crippen LogP) is 3.74. The molecule has 3 N–H and O–H groups in total. The van der Waals surface area contributed by atoms with E-state index < -0.39 is 0 Å². The molecule has 0 spiro atoms. The number of amides is 3. The SMILES string of the molecule is CCN(CC)C(=O)c1ccc(NC(=O)CNc2ccccc2C(=O)NCc2ccco2)cc1. The quantitative estimate of drug-likeness (QED) is 0.438. The van der Waals surface area contributed by atoms with Gasteiger partial charge in [0.15, 0.2) is 0 Å². The molecule has 3 rings (SSSR count). The highest BCUT2D eigenvalue weighted by molar-refractivity contribution is 6.01. The lowest BCUT2D eigenvalue weighted by atomic mass is 10.1. The van der Waals surface area contributed by atoms with E-state index in [1.807, 2.05) is 13.8 Å². The van der Waals surface area contributed by atoms with Crippen molar-refractivity contribution in [2.45, 2.75) is 20.4 Å². The minimum Gasteiger partial charge on any atom is -0.467 e. The van der Waals surface area contributed by atoms with Crippen LogP contribution in [0.4, 0.5) is 11.4 Å².